The largest absolute Gasteiger partial charge is 0.444 e. The number of amides is 1. The molecule has 1 aliphatic rings. The Kier molecular flexibility index (Phi) is 6.90. The molecule has 0 aliphatic heterocycles. The van der Waals surface area contributed by atoms with Gasteiger partial charge < -0.3 is 15.2 Å². The highest BCUT2D eigenvalue weighted by Crippen LogP contribution is 2.30. The number of nitrogens with one attached hydrogen (secondary N) is 1. The van der Waals surface area contributed by atoms with Crippen LogP contribution in [0.4, 0.5) is 4.79 Å². The highest BCUT2D eigenvalue weighted by atomic mass is 32.2. The summed E-state index contributed by atoms with van der Waals surface area (Å²) in [5.74, 6) is 0. The van der Waals surface area contributed by atoms with E-state index in [0.29, 0.717) is 24.8 Å². The lowest BCUT2D eigenvalue weighted by molar-refractivity contribution is 0.0498. The Morgan fingerprint density at radius 1 is 1.12 bits per heavy atom. The Balaban J connectivity index is 1.88. The summed E-state index contributed by atoms with van der Waals surface area (Å²) in [6.45, 7) is 5.47. The summed E-state index contributed by atoms with van der Waals surface area (Å²) in [5, 5.41) is 13.1. The fourth-order valence-electron chi connectivity index (χ4n) is 2.80. The van der Waals surface area contributed by atoms with Gasteiger partial charge in [-0.25, -0.2) is 4.79 Å². The van der Waals surface area contributed by atoms with Gasteiger partial charge >= 0.3 is 6.09 Å². The minimum absolute atomic E-state index is 0.0248. The van der Waals surface area contributed by atoms with Crippen LogP contribution in [0.15, 0.2) is 30.3 Å². The zero-order chi connectivity index (χ0) is 18.4. The Labute approximate surface area is 153 Å². The molecule has 0 radical (unpaired) electrons. The number of carbonyl (C=O) groups is 2. The lowest BCUT2D eigenvalue weighted by atomic mass is 10.1. The van der Waals surface area contributed by atoms with Crippen molar-refractivity contribution in [1.29, 1.82) is 0 Å². The molecule has 0 spiro atoms. The van der Waals surface area contributed by atoms with Gasteiger partial charge in [-0.2, -0.15) is 0 Å². The van der Waals surface area contributed by atoms with Crippen molar-refractivity contribution in [2.75, 3.05) is 0 Å². The van der Waals surface area contributed by atoms with E-state index in [0.717, 1.165) is 6.42 Å². The van der Waals surface area contributed by atoms with Gasteiger partial charge in [0, 0.05) is 16.9 Å². The number of aliphatic hydroxyl groups excluding tert-OH is 1. The van der Waals surface area contributed by atoms with Crippen molar-refractivity contribution in [3.63, 3.8) is 0 Å². The highest BCUT2D eigenvalue weighted by molar-refractivity contribution is 8.14. The van der Waals surface area contributed by atoms with Crippen LogP contribution in [0, 0.1) is 0 Å². The van der Waals surface area contributed by atoms with Crippen molar-refractivity contribution < 1.29 is 19.4 Å². The first-order valence-corrected chi connectivity index (χ1v) is 9.56. The number of thioether (sulfide) groups is 1. The van der Waals surface area contributed by atoms with Crippen molar-refractivity contribution in [1.82, 2.24) is 5.32 Å². The Morgan fingerprint density at radius 2 is 1.76 bits per heavy atom. The molecule has 2 rings (SSSR count). The van der Waals surface area contributed by atoms with E-state index in [2.05, 4.69) is 5.32 Å². The van der Waals surface area contributed by atoms with E-state index >= 15 is 0 Å². The predicted molar refractivity (Wildman–Crippen MR) is 99.8 cm³/mol. The summed E-state index contributed by atoms with van der Waals surface area (Å²) >= 11 is 1.19. The van der Waals surface area contributed by atoms with E-state index in [1.807, 2.05) is 39.0 Å². The summed E-state index contributed by atoms with van der Waals surface area (Å²) in [7, 11) is 0. The zero-order valence-electron chi connectivity index (χ0n) is 15.0. The molecular weight excluding hydrogens is 338 g/mol. The van der Waals surface area contributed by atoms with Crippen LogP contribution >= 0.6 is 11.8 Å². The second kappa shape index (κ2) is 8.72. The predicted octanol–water partition coefficient (Wildman–Crippen LogP) is 3.76. The molecule has 3 unspecified atom stereocenters. The molecule has 2 N–H and O–H groups in total. The van der Waals surface area contributed by atoms with Crippen molar-refractivity contribution in [3.05, 3.63) is 35.9 Å². The molecule has 0 aromatic heterocycles. The Bertz CT molecular complexity index is 585. The van der Waals surface area contributed by atoms with Crippen LogP contribution in [0.3, 0.4) is 0 Å². The number of carbonyl (C=O) groups excluding carboxylic acids is 2. The molecule has 5 nitrogen and oxygen atoms in total. The first-order chi connectivity index (χ1) is 11.7. The summed E-state index contributed by atoms with van der Waals surface area (Å²) in [6.07, 6.45) is 1.64. The van der Waals surface area contributed by atoms with Gasteiger partial charge in [-0.1, -0.05) is 42.1 Å². The van der Waals surface area contributed by atoms with Crippen molar-refractivity contribution in [2.45, 2.75) is 69.5 Å². The topological polar surface area (TPSA) is 75.6 Å². The standard InChI is InChI=1S/C19H27NO4S/c1-19(2,3)24-18(23)20-14-9-11-15(21)16(12-10-14)25-17(22)13-7-5-4-6-8-13/h4-8,14-16,21H,9-12H2,1-3H3,(H,20,23). The Morgan fingerprint density at radius 3 is 2.40 bits per heavy atom. The average Bonchev–Trinajstić information content (AvgIpc) is 2.70. The van der Waals surface area contributed by atoms with Gasteiger partial charge in [0.05, 0.1) is 6.10 Å². The summed E-state index contributed by atoms with van der Waals surface area (Å²) < 4.78 is 5.29. The molecule has 1 aromatic carbocycles. The third-order valence-electron chi connectivity index (χ3n) is 4.03. The summed E-state index contributed by atoms with van der Waals surface area (Å²) in [4.78, 5) is 24.3. The maximum atomic E-state index is 12.3. The third kappa shape index (κ3) is 6.71. The lowest BCUT2D eigenvalue weighted by Crippen LogP contribution is -2.38. The molecule has 0 bridgehead atoms. The number of ether oxygens (including phenoxy) is 1. The van der Waals surface area contributed by atoms with Gasteiger partial charge in [0.1, 0.15) is 5.60 Å². The molecule has 25 heavy (non-hydrogen) atoms. The maximum Gasteiger partial charge on any atom is 0.407 e. The molecule has 6 heteroatoms. The lowest BCUT2D eigenvalue weighted by Gasteiger charge is -2.23. The smallest absolute Gasteiger partial charge is 0.407 e. The van der Waals surface area contributed by atoms with E-state index in [1.54, 1.807) is 12.1 Å². The Hall–Kier alpha value is -1.53. The van der Waals surface area contributed by atoms with Gasteiger partial charge in [-0.15, -0.1) is 0 Å². The number of aliphatic hydroxyl groups is 1. The molecule has 1 aromatic rings. The van der Waals surface area contributed by atoms with Gasteiger partial charge in [0.25, 0.3) is 0 Å². The molecule has 0 heterocycles. The van der Waals surface area contributed by atoms with Crippen molar-refractivity contribution in [3.8, 4) is 0 Å². The molecule has 1 aliphatic carbocycles. The van der Waals surface area contributed by atoms with E-state index in [1.165, 1.54) is 11.8 Å². The zero-order valence-corrected chi connectivity index (χ0v) is 15.8. The number of hydrogen-bond donors (Lipinski definition) is 2. The second-order valence-electron chi connectivity index (χ2n) is 7.37. The minimum atomic E-state index is -0.553. The van der Waals surface area contributed by atoms with Gasteiger partial charge in [0.2, 0.25) is 5.12 Å². The van der Waals surface area contributed by atoms with E-state index in [-0.39, 0.29) is 16.4 Å². The number of benzene rings is 1. The molecule has 138 valence electrons. The average molecular weight is 365 g/mol. The summed E-state index contributed by atoms with van der Waals surface area (Å²) in [5.41, 5.74) is 0.113. The van der Waals surface area contributed by atoms with Crippen LogP contribution in [-0.2, 0) is 4.74 Å². The molecule has 1 amide bonds. The van der Waals surface area contributed by atoms with Crippen LogP contribution in [0.5, 0.6) is 0 Å². The highest BCUT2D eigenvalue weighted by Gasteiger charge is 2.30. The van der Waals surface area contributed by atoms with Crippen molar-refractivity contribution in [2.24, 2.45) is 0 Å². The van der Waals surface area contributed by atoms with Gasteiger partial charge in [-0.3, -0.25) is 4.79 Å². The van der Waals surface area contributed by atoms with Crippen molar-refractivity contribution >= 4 is 23.0 Å². The maximum absolute atomic E-state index is 12.3. The fourth-order valence-corrected chi connectivity index (χ4v) is 3.89. The van der Waals surface area contributed by atoms with E-state index in [4.69, 9.17) is 4.74 Å². The van der Waals surface area contributed by atoms with Crippen LogP contribution < -0.4 is 5.32 Å². The fraction of sp³-hybridized carbons (Fsp3) is 0.579. The number of hydrogen-bond acceptors (Lipinski definition) is 5. The molecule has 0 saturated heterocycles. The first kappa shape index (κ1) is 19.8. The molecule has 1 saturated carbocycles. The van der Waals surface area contributed by atoms with E-state index < -0.39 is 17.8 Å². The second-order valence-corrected chi connectivity index (χ2v) is 8.59. The molecular formula is C19H27NO4S. The monoisotopic (exact) mass is 365 g/mol. The van der Waals surface area contributed by atoms with Crippen LogP contribution in [0.25, 0.3) is 0 Å². The van der Waals surface area contributed by atoms with Crippen LogP contribution in [-0.4, -0.2) is 39.3 Å². The quantitative estimate of drug-likeness (QED) is 0.798. The number of alkyl carbamates (subject to hydrolysis) is 1. The SMILES string of the molecule is CC(C)(C)OC(=O)NC1CCC(O)C(SC(=O)c2ccccc2)CC1. The first-order valence-electron chi connectivity index (χ1n) is 8.68. The third-order valence-corrected chi connectivity index (χ3v) is 5.33. The number of rotatable bonds is 3. The molecule has 1 fully saturated rings. The van der Waals surface area contributed by atoms with Crippen LogP contribution in [0.1, 0.15) is 56.8 Å². The minimum Gasteiger partial charge on any atom is -0.444 e. The summed E-state index contributed by atoms with van der Waals surface area (Å²) in [6, 6.07) is 9.06. The van der Waals surface area contributed by atoms with Crippen LogP contribution in [0.2, 0.25) is 0 Å². The molecule has 3 atom stereocenters. The van der Waals surface area contributed by atoms with E-state index in [9.17, 15) is 14.7 Å². The van der Waals surface area contributed by atoms with Gasteiger partial charge in [-0.05, 0) is 46.5 Å². The normalized spacial score (nSPS) is 24.2. The van der Waals surface area contributed by atoms with Gasteiger partial charge in [0.15, 0.2) is 0 Å².